The van der Waals surface area contributed by atoms with Crippen molar-refractivity contribution in [1.29, 1.82) is 0 Å². The van der Waals surface area contributed by atoms with Gasteiger partial charge in [0.15, 0.2) is 5.17 Å². The molecule has 5 rings (SSSR count). The summed E-state index contributed by atoms with van der Waals surface area (Å²) in [5.74, 6) is 0.808. The Hall–Kier alpha value is -2.66. The van der Waals surface area contributed by atoms with Crippen LogP contribution in [-0.2, 0) is 4.79 Å². The molecule has 1 fully saturated rings. The molecule has 0 N–H and O–H groups in total. The molecule has 27 heavy (non-hydrogen) atoms. The van der Waals surface area contributed by atoms with Crippen molar-refractivity contribution < 1.29 is 9.59 Å². The molecule has 1 aliphatic carbocycles. The summed E-state index contributed by atoms with van der Waals surface area (Å²) in [5, 5.41) is 0.637. The lowest BCUT2D eigenvalue weighted by atomic mass is 9.90. The predicted molar refractivity (Wildman–Crippen MR) is 108 cm³/mol. The second-order valence-electron chi connectivity index (χ2n) is 7.31. The number of nitrogens with zero attached hydrogens (tertiary/aromatic N) is 2. The average molecular weight is 374 g/mol. The molecule has 134 valence electrons. The van der Waals surface area contributed by atoms with Crippen LogP contribution in [0.4, 0.5) is 0 Å². The summed E-state index contributed by atoms with van der Waals surface area (Å²) in [7, 11) is 0. The molecular formula is C22H18N2O2S. The molecule has 0 unspecified atom stereocenters. The van der Waals surface area contributed by atoms with Crippen LogP contribution in [0.25, 0.3) is 5.57 Å². The Bertz CT molecular complexity index is 1050. The number of benzene rings is 2. The highest BCUT2D eigenvalue weighted by Gasteiger charge is 2.46. The van der Waals surface area contributed by atoms with Crippen LogP contribution in [0.15, 0.2) is 59.2 Å². The molecule has 2 aromatic rings. The molecular weight excluding hydrogens is 356 g/mol. The minimum Gasteiger partial charge on any atom is -0.287 e. The maximum atomic E-state index is 12.9. The molecule has 2 aliphatic heterocycles. The molecule has 0 radical (unpaired) electrons. The van der Waals surface area contributed by atoms with Crippen molar-refractivity contribution in [3.63, 3.8) is 0 Å². The number of carbonyl (C=O) groups is 2. The van der Waals surface area contributed by atoms with Gasteiger partial charge in [-0.05, 0) is 22.6 Å². The van der Waals surface area contributed by atoms with Crippen LogP contribution in [0.5, 0.6) is 0 Å². The molecule has 0 bridgehead atoms. The molecule has 0 saturated carbocycles. The van der Waals surface area contributed by atoms with Crippen LogP contribution in [0.1, 0.15) is 52.9 Å². The number of amides is 1. The number of hydrogen-bond donors (Lipinski definition) is 0. The minimum atomic E-state index is -0.302. The van der Waals surface area contributed by atoms with Crippen LogP contribution in [-0.4, -0.2) is 27.5 Å². The van der Waals surface area contributed by atoms with Gasteiger partial charge in [0.1, 0.15) is 5.70 Å². The van der Waals surface area contributed by atoms with Gasteiger partial charge in [0, 0.05) is 11.1 Å². The van der Waals surface area contributed by atoms with Gasteiger partial charge in [0.05, 0.1) is 11.8 Å². The first-order valence-corrected chi connectivity index (χ1v) is 10.1. The molecule has 1 atom stereocenters. The second-order valence-corrected chi connectivity index (χ2v) is 8.25. The normalized spacial score (nSPS) is 20.8. The van der Waals surface area contributed by atoms with Crippen molar-refractivity contribution in [3.8, 4) is 0 Å². The number of thioether (sulfide) groups is 1. The Morgan fingerprint density at radius 3 is 2.44 bits per heavy atom. The average Bonchev–Trinajstić information content (AvgIpc) is 3.19. The fraction of sp³-hybridized carbons (Fsp3) is 0.227. The molecule has 0 aromatic heterocycles. The highest BCUT2D eigenvalue weighted by atomic mass is 32.2. The van der Waals surface area contributed by atoms with E-state index in [1.807, 2.05) is 24.3 Å². The topological polar surface area (TPSA) is 49.7 Å². The first-order chi connectivity index (χ1) is 13.1. The molecule has 3 aliphatic rings. The zero-order chi connectivity index (χ0) is 18.7. The molecule has 4 nitrogen and oxygen atoms in total. The van der Waals surface area contributed by atoms with Gasteiger partial charge in [-0.15, -0.1) is 0 Å². The summed E-state index contributed by atoms with van der Waals surface area (Å²) in [5.41, 5.74) is 5.18. The number of allylic oxidation sites excluding steroid dienone is 1. The monoisotopic (exact) mass is 374 g/mol. The lowest BCUT2D eigenvalue weighted by Crippen LogP contribution is -2.37. The number of fused-ring (bicyclic) bond motifs is 3. The summed E-state index contributed by atoms with van der Waals surface area (Å²) in [4.78, 5) is 32.0. The fourth-order valence-electron chi connectivity index (χ4n) is 4.00. The lowest BCUT2D eigenvalue weighted by Gasteiger charge is -2.32. The van der Waals surface area contributed by atoms with Crippen molar-refractivity contribution in [2.24, 2.45) is 4.99 Å². The molecule has 5 heteroatoms. The number of carbonyl (C=O) groups excluding carboxylic acids is 2. The van der Waals surface area contributed by atoms with Crippen molar-refractivity contribution in [1.82, 2.24) is 4.90 Å². The standard InChI is InChI=1S/C22H18N2O2S/c1-12(2)13-7-9-14(10-8-13)20-18-15-5-3-4-6-16(15)21(26)19(18)23-22-24(20)17(25)11-27-22/h3-10,12,20H,11H2,1-2H3/t20-/m0/s1. The number of hydrogen-bond acceptors (Lipinski definition) is 4. The van der Waals surface area contributed by atoms with Gasteiger partial charge in [-0.1, -0.05) is 74.1 Å². The third-order valence-corrected chi connectivity index (χ3v) is 6.33. The van der Waals surface area contributed by atoms with E-state index in [1.165, 1.54) is 17.3 Å². The quantitative estimate of drug-likeness (QED) is 0.783. The number of ketones is 1. The van der Waals surface area contributed by atoms with Crippen molar-refractivity contribution in [2.75, 3.05) is 5.75 Å². The SMILES string of the molecule is CC(C)c1ccc([C@H]2C3=C(N=C4SCC(=O)N42)C(=O)c2ccccc23)cc1. The minimum absolute atomic E-state index is 0.0417. The smallest absolute Gasteiger partial charge is 0.239 e. The van der Waals surface area contributed by atoms with Crippen LogP contribution < -0.4 is 0 Å². The van der Waals surface area contributed by atoms with E-state index in [4.69, 9.17) is 0 Å². The summed E-state index contributed by atoms with van der Waals surface area (Å²) >= 11 is 1.41. The lowest BCUT2D eigenvalue weighted by molar-refractivity contribution is -0.125. The Kier molecular flexibility index (Phi) is 3.62. The molecule has 2 heterocycles. The molecule has 0 spiro atoms. The molecule has 1 amide bonds. The summed E-state index contributed by atoms with van der Waals surface area (Å²) in [6.07, 6.45) is 0. The maximum absolute atomic E-state index is 12.9. The Labute approximate surface area is 162 Å². The highest BCUT2D eigenvalue weighted by Crippen LogP contribution is 2.49. The van der Waals surface area contributed by atoms with E-state index in [0.29, 0.717) is 28.1 Å². The van der Waals surface area contributed by atoms with E-state index in [-0.39, 0.29) is 17.7 Å². The molecule has 1 saturated heterocycles. The first kappa shape index (κ1) is 16.5. The fourth-order valence-corrected chi connectivity index (χ4v) is 4.89. The van der Waals surface area contributed by atoms with Crippen molar-refractivity contribution in [2.45, 2.75) is 25.8 Å². The number of rotatable bonds is 2. The third-order valence-electron chi connectivity index (χ3n) is 5.39. The van der Waals surface area contributed by atoms with Gasteiger partial charge in [-0.2, -0.15) is 0 Å². The van der Waals surface area contributed by atoms with Gasteiger partial charge < -0.3 is 0 Å². The number of aliphatic imine (C=N–C) groups is 1. The molecule has 2 aromatic carbocycles. The number of amidine groups is 1. The number of Topliss-reactive ketones (excluding diaryl/α,β-unsaturated/α-hetero) is 1. The van der Waals surface area contributed by atoms with Crippen molar-refractivity contribution in [3.05, 3.63) is 76.5 Å². The van der Waals surface area contributed by atoms with Crippen LogP contribution in [0.2, 0.25) is 0 Å². The van der Waals surface area contributed by atoms with Gasteiger partial charge in [0.2, 0.25) is 11.7 Å². The second kappa shape index (κ2) is 5.92. The first-order valence-electron chi connectivity index (χ1n) is 9.08. The summed E-state index contributed by atoms with van der Waals surface area (Å²) < 4.78 is 0. The highest BCUT2D eigenvalue weighted by molar-refractivity contribution is 8.15. The van der Waals surface area contributed by atoms with Crippen molar-refractivity contribution >= 4 is 34.2 Å². The van der Waals surface area contributed by atoms with E-state index >= 15 is 0 Å². The summed E-state index contributed by atoms with van der Waals surface area (Å²) in [6, 6.07) is 15.7. The largest absolute Gasteiger partial charge is 0.287 e. The van der Waals surface area contributed by atoms with E-state index in [2.05, 4.69) is 43.1 Å². The van der Waals surface area contributed by atoms with Crippen LogP contribution in [0, 0.1) is 0 Å². The van der Waals surface area contributed by atoms with Crippen LogP contribution in [0.3, 0.4) is 0 Å². The maximum Gasteiger partial charge on any atom is 0.239 e. The zero-order valence-electron chi connectivity index (χ0n) is 15.1. The van der Waals surface area contributed by atoms with E-state index < -0.39 is 0 Å². The Balaban J connectivity index is 1.72. The van der Waals surface area contributed by atoms with Crippen LogP contribution >= 0.6 is 11.8 Å². The predicted octanol–water partition coefficient (Wildman–Crippen LogP) is 4.40. The zero-order valence-corrected chi connectivity index (χ0v) is 15.9. The third kappa shape index (κ3) is 2.34. The Morgan fingerprint density at radius 2 is 1.74 bits per heavy atom. The van der Waals surface area contributed by atoms with Gasteiger partial charge in [-0.3, -0.25) is 14.5 Å². The van der Waals surface area contributed by atoms with Gasteiger partial charge >= 0.3 is 0 Å². The van der Waals surface area contributed by atoms with E-state index in [9.17, 15) is 9.59 Å². The van der Waals surface area contributed by atoms with E-state index in [1.54, 1.807) is 4.90 Å². The van der Waals surface area contributed by atoms with Gasteiger partial charge in [0.25, 0.3) is 0 Å². The van der Waals surface area contributed by atoms with E-state index in [0.717, 1.165) is 16.7 Å². The Morgan fingerprint density at radius 1 is 1.04 bits per heavy atom. The van der Waals surface area contributed by atoms with Gasteiger partial charge in [-0.25, -0.2) is 4.99 Å². The summed E-state index contributed by atoms with van der Waals surface area (Å²) in [6.45, 7) is 4.32.